The first-order valence-electron chi connectivity index (χ1n) is 10.0. The molecule has 1 aliphatic carbocycles. The molecule has 156 valence electrons. The first-order valence-corrected chi connectivity index (χ1v) is 11.9. The highest BCUT2D eigenvalue weighted by atomic mass is 32.2. The molecule has 8 heteroatoms. The standard InChI is InChI=1S/C20H31N3O4S/c1-3-21-19(24)22-18-10-6-7-11-20(18)15-23(12-13-27-20)14-16-8-4-5-9-17(16)28(2,25)26/h4-5,8-9,18H,3,6-7,10-15H2,1-2H3,(H2,21,22,24)/t18-,20+/m1/s1. The van der Waals surface area contributed by atoms with Crippen LogP contribution in [0.1, 0.15) is 38.2 Å². The van der Waals surface area contributed by atoms with Gasteiger partial charge in [-0.05, 0) is 31.4 Å². The smallest absolute Gasteiger partial charge is 0.315 e. The molecule has 7 nitrogen and oxygen atoms in total. The van der Waals surface area contributed by atoms with Gasteiger partial charge in [0.05, 0.1) is 17.5 Å². The number of carbonyl (C=O) groups is 1. The minimum Gasteiger partial charge on any atom is -0.370 e. The average molecular weight is 410 g/mol. The molecule has 2 N–H and O–H groups in total. The molecule has 1 aromatic rings. The Balaban J connectivity index is 1.76. The number of ether oxygens (including phenoxy) is 1. The summed E-state index contributed by atoms with van der Waals surface area (Å²) < 4.78 is 30.5. The maximum absolute atomic E-state index is 12.1. The molecule has 0 aromatic heterocycles. The van der Waals surface area contributed by atoms with Crippen molar-refractivity contribution in [1.29, 1.82) is 0 Å². The third-order valence-corrected chi connectivity index (χ3v) is 6.87. The van der Waals surface area contributed by atoms with Crippen LogP contribution in [0.3, 0.4) is 0 Å². The molecule has 1 spiro atoms. The van der Waals surface area contributed by atoms with Gasteiger partial charge in [-0.2, -0.15) is 0 Å². The minimum atomic E-state index is -3.27. The lowest BCUT2D eigenvalue weighted by Crippen LogP contribution is -2.64. The van der Waals surface area contributed by atoms with E-state index in [1.54, 1.807) is 12.1 Å². The number of carbonyl (C=O) groups excluding carboxylic acids is 1. The van der Waals surface area contributed by atoms with Gasteiger partial charge in [-0.1, -0.05) is 31.0 Å². The highest BCUT2D eigenvalue weighted by Crippen LogP contribution is 2.35. The number of sulfone groups is 1. The zero-order valence-electron chi connectivity index (χ0n) is 16.7. The van der Waals surface area contributed by atoms with E-state index in [-0.39, 0.29) is 12.1 Å². The second-order valence-corrected chi connectivity index (χ2v) is 9.79. The molecule has 2 amide bonds. The summed E-state index contributed by atoms with van der Waals surface area (Å²) in [5.41, 5.74) is 0.396. The van der Waals surface area contributed by atoms with Crippen LogP contribution < -0.4 is 10.6 Å². The van der Waals surface area contributed by atoms with Crippen LogP contribution in [-0.4, -0.2) is 63.5 Å². The third kappa shape index (κ3) is 4.85. The van der Waals surface area contributed by atoms with Gasteiger partial charge in [-0.25, -0.2) is 13.2 Å². The average Bonchev–Trinajstić information content (AvgIpc) is 2.64. The van der Waals surface area contributed by atoms with Crippen LogP contribution >= 0.6 is 0 Å². The number of morpholine rings is 1. The van der Waals surface area contributed by atoms with E-state index >= 15 is 0 Å². The van der Waals surface area contributed by atoms with E-state index in [0.717, 1.165) is 37.8 Å². The summed E-state index contributed by atoms with van der Waals surface area (Å²) in [5, 5.41) is 5.91. The summed E-state index contributed by atoms with van der Waals surface area (Å²) in [4.78, 5) is 14.7. The molecule has 1 aliphatic heterocycles. The molecular weight excluding hydrogens is 378 g/mol. The van der Waals surface area contributed by atoms with Gasteiger partial charge in [0.25, 0.3) is 0 Å². The van der Waals surface area contributed by atoms with Crippen molar-refractivity contribution in [3.05, 3.63) is 29.8 Å². The van der Waals surface area contributed by atoms with Crippen molar-refractivity contribution >= 4 is 15.9 Å². The summed E-state index contributed by atoms with van der Waals surface area (Å²) in [7, 11) is -3.27. The van der Waals surface area contributed by atoms with Crippen molar-refractivity contribution < 1.29 is 17.9 Å². The third-order valence-electron chi connectivity index (χ3n) is 5.67. The van der Waals surface area contributed by atoms with Gasteiger partial charge < -0.3 is 15.4 Å². The molecule has 3 rings (SSSR count). The van der Waals surface area contributed by atoms with Crippen molar-refractivity contribution in [2.24, 2.45) is 0 Å². The lowest BCUT2D eigenvalue weighted by molar-refractivity contribution is -0.142. The number of nitrogens with zero attached hydrogens (tertiary/aromatic N) is 1. The first-order chi connectivity index (χ1) is 13.3. The monoisotopic (exact) mass is 409 g/mol. The van der Waals surface area contributed by atoms with E-state index < -0.39 is 15.4 Å². The lowest BCUT2D eigenvalue weighted by atomic mass is 9.79. The van der Waals surface area contributed by atoms with Crippen LogP contribution in [0.5, 0.6) is 0 Å². The van der Waals surface area contributed by atoms with E-state index in [4.69, 9.17) is 4.74 Å². The largest absolute Gasteiger partial charge is 0.370 e. The van der Waals surface area contributed by atoms with E-state index in [0.29, 0.717) is 31.1 Å². The molecule has 1 aromatic carbocycles. The molecule has 1 saturated heterocycles. The fourth-order valence-corrected chi connectivity index (χ4v) is 5.33. The number of hydrogen-bond donors (Lipinski definition) is 2. The summed E-state index contributed by atoms with van der Waals surface area (Å²) in [6.07, 6.45) is 5.18. The molecule has 2 atom stereocenters. The van der Waals surface area contributed by atoms with Crippen molar-refractivity contribution in [1.82, 2.24) is 15.5 Å². The summed E-state index contributed by atoms with van der Waals surface area (Å²) in [5.74, 6) is 0. The SMILES string of the molecule is CCNC(=O)N[C@@H]1CCCC[C@]12CN(Cc1ccccc1S(C)(=O)=O)CCO2. The topological polar surface area (TPSA) is 87.7 Å². The van der Waals surface area contributed by atoms with E-state index in [2.05, 4.69) is 15.5 Å². The predicted octanol–water partition coefficient (Wildman–Crippen LogP) is 1.92. The Kier molecular flexibility index (Phi) is 6.62. The number of urea groups is 1. The summed E-state index contributed by atoms with van der Waals surface area (Å²) in [6.45, 7) is 5.04. The lowest BCUT2D eigenvalue weighted by Gasteiger charge is -2.49. The fourth-order valence-electron chi connectivity index (χ4n) is 4.40. The van der Waals surface area contributed by atoms with Gasteiger partial charge in [0.15, 0.2) is 9.84 Å². The Morgan fingerprint density at radius 3 is 2.86 bits per heavy atom. The minimum absolute atomic E-state index is 0.0410. The quantitative estimate of drug-likeness (QED) is 0.776. The van der Waals surface area contributed by atoms with Crippen LogP contribution in [0.2, 0.25) is 0 Å². The molecule has 0 radical (unpaired) electrons. The van der Waals surface area contributed by atoms with Gasteiger partial charge >= 0.3 is 6.03 Å². The normalized spacial score (nSPS) is 26.1. The predicted molar refractivity (Wildman–Crippen MR) is 108 cm³/mol. The van der Waals surface area contributed by atoms with E-state index in [1.165, 1.54) is 6.26 Å². The first kappa shape index (κ1) is 21.1. The van der Waals surface area contributed by atoms with E-state index in [9.17, 15) is 13.2 Å². The number of rotatable bonds is 5. The summed E-state index contributed by atoms with van der Waals surface area (Å²) >= 11 is 0. The van der Waals surface area contributed by atoms with Crippen molar-refractivity contribution in [3.8, 4) is 0 Å². The molecule has 2 fully saturated rings. The second-order valence-electron chi connectivity index (χ2n) is 7.81. The van der Waals surface area contributed by atoms with Gasteiger partial charge in [-0.3, -0.25) is 4.90 Å². The Morgan fingerprint density at radius 1 is 1.32 bits per heavy atom. The van der Waals surface area contributed by atoms with Crippen molar-refractivity contribution in [3.63, 3.8) is 0 Å². The Morgan fingerprint density at radius 2 is 2.11 bits per heavy atom. The Labute approximate surface area is 167 Å². The maximum atomic E-state index is 12.1. The molecule has 2 aliphatic rings. The fraction of sp³-hybridized carbons (Fsp3) is 0.650. The zero-order valence-corrected chi connectivity index (χ0v) is 17.6. The number of hydrogen-bond acceptors (Lipinski definition) is 5. The molecule has 1 saturated carbocycles. The molecular formula is C20H31N3O4S. The van der Waals surface area contributed by atoms with Gasteiger partial charge in [0, 0.05) is 32.4 Å². The van der Waals surface area contributed by atoms with Gasteiger partial charge in [-0.15, -0.1) is 0 Å². The van der Waals surface area contributed by atoms with E-state index in [1.807, 2.05) is 19.1 Å². The number of benzene rings is 1. The highest BCUT2D eigenvalue weighted by molar-refractivity contribution is 7.90. The molecule has 28 heavy (non-hydrogen) atoms. The van der Waals surface area contributed by atoms with Crippen LogP contribution in [0.15, 0.2) is 29.2 Å². The van der Waals surface area contributed by atoms with Crippen LogP contribution in [-0.2, 0) is 21.1 Å². The van der Waals surface area contributed by atoms with Gasteiger partial charge in [0.1, 0.15) is 5.60 Å². The summed E-state index contributed by atoms with van der Waals surface area (Å²) in [6, 6.07) is 6.98. The van der Waals surface area contributed by atoms with Crippen molar-refractivity contribution in [2.45, 2.75) is 55.7 Å². The Hall–Kier alpha value is -1.64. The van der Waals surface area contributed by atoms with Crippen molar-refractivity contribution in [2.75, 3.05) is 32.5 Å². The molecule has 0 unspecified atom stereocenters. The highest BCUT2D eigenvalue weighted by Gasteiger charge is 2.45. The van der Waals surface area contributed by atoms with Gasteiger partial charge in [0.2, 0.25) is 0 Å². The molecule has 1 heterocycles. The number of amides is 2. The molecule has 0 bridgehead atoms. The van der Waals surface area contributed by atoms with Crippen LogP contribution in [0.25, 0.3) is 0 Å². The van der Waals surface area contributed by atoms with Crippen LogP contribution in [0, 0.1) is 0 Å². The second kappa shape index (κ2) is 8.80. The Bertz CT molecular complexity index is 794. The zero-order chi connectivity index (χ0) is 20.2. The number of nitrogens with one attached hydrogen (secondary N) is 2. The maximum Gasteiger partial charge on any atom is 0.315 e. The van der Waals surface area contributed by atoms with Crippen LogP contribution in [0.4, 0.5) is 4.79 Å².